The van der Waals surface area contributed by atoms with E-state index in [4.69, 9.17) is 15.9 Å². The van der Waals surface area contributed by atoms with E-state index in [9.17, 15) is 0 Å². The molecule has 0 saturated carbocycles. The number of hydrogen-bond acceptors (Lipinski definition) is 3. The second-order valence-electron chi connectivity index (χ2n) is 4.14. The zero-order valence-corrected chi connectivity index (χ0v) is 8.64. The van der Waals surface area contributed by atoms with Gasteiger partial charge in [0.1, 0.15) is 0 Å². The molecule has 72 valence electrons. The second kappa shape index (κ2) is 4.01. The van der Waals surface area contributed by atoms with Crippen molar-refractivity contribution in [2.45, 2.75) is 52.4 Å². The molecule has 0 rings (SSSR count). The van der Waals surface area contributed by atoms with Crippen molar-refractivity contribution in [2.75, 3.05) is 0 Å². The molecule has 0 aromatic carbocycles. The van der Waals surface area contributed by atoms with Crippen molar-refractivity contribution in [3.63, 3.8) is 0 Å². The number of nitrogens with two attached hydrogens (primary N) is 1. The predicted molar refractivity (Wildman–Crippen MR) is 51.7 cm³/mol. The molecule has 3 nitrogen and oxygen atoms in total. The highest BCUT2D eigenvalue weighted by molar-refractivity contribution is 5.84. The topological polar surface area (TPSA) is 59.1 Å². The van der Waals surface area contributed by atoms with Crippen LogP contribution in [0.25, 0.3) is 0 Å². The molecule has 2 atom stereocenters. The van der Waals surface area contributed by atoms with Crippen LogP contribution >= 0.6 is 0 Å². The Hall–Kier alpha value is -0.410. The summed E-state index contributed by atoms with van der Waals surface area (Å²) in [6, 6.07) is -0.288. The van der Waals surface area contributed by atoms with Gasteiger partial charge in [0, 0.05) is 5.71 Å². The molecule has 0 aromatic rings. The maximum absolute atomic E-state index is 7.33. The number of nitrogens with one attached hydrogen (secondary N) is 1. The molecule has 3 N–H and O–H groups in total. The van der Waals surface area contributed by atoms with Gasteiger partial charge in [-0.3, -0.25) is 0 Å². The minimum atomic E-state index is -0.288. The fourth-order valence-electron chi connectivity index (χ4n) is 0.983. The molecule has 0 heterocycles. The number of rotatable bonds is 3. The van der Waals surface area contributed by atoms with Crippen LogP contribution in [0.15, 0.2) is 0 Å². The SMILES string of the molecule is CC(=N)C(N)C(C)OC(C)(C)C. The van der Waals surface area contributed by atoms with Crippen LogP contribution in [0.4, 0.5) is 0 Å². The van der Waals surface area contributed by atoms with Gasteiger partial charge in [0.15, 0.2) is 0 Å². The fraction of sp³-hybridized carbons (Fsp3) is 0.889. The Morgan fingerprint density at radius 3 is 2.08 bits per heavy atom. The summed E-state index contributed by atoms with van der Waals surface area (Å²) in [5.74, 6) is 0. The quantitative estimate of drug-likeness (QED) is 0.635. The Morgan fingerprint density at radius 1 is 1.42 bits per heavy atom. The monoisotopic (exact) mass is 172 g/mol. The van der Waals surface area contributed by atoms with Gasteiger partial charge in [-0.2, -0.15) is 0 Å². The maximum atomic E-state index is 7.33. The van der Waals surface area contributed by atoms with Crippen LogP contribution < -0.4 is 5.73 Å². The third-order valence-electron chi connectivity index (χ3n) is 1.55. The van der Waals surface area contributed by atoms with Crippen LogP contribution in [0.1, 0.15) is 34.6 Å². The first-order valence-electron chi connectivity index (χ1n) is 4.22. The Morgan fingerprint density at radius 2 is 1.83 bits per heavy atom. The Balaban J connectivity index is 4.04. The van der Waals surface area contributed by atoms with E-state index in [1.165, 1.54) is 0 Å². The van der Waals surface area contributed by atoms with Gasteiger partial charge in [-0.15, -0.1) is 0 Å². The first-order valence-corrected chi connectivity index (χ1v) is 4.22. The van der Waals surface area contributed by atoms with Gasteiger partial charge in [-0.05, 0) is 34.6 Å². The highest BCUT2D eigenvalue weighted by Gasteiger charge is 2.21. The van der Waals surface area contributed by atoms with Crippen LogP contribution in [0.3, 0.4) is 0 Å². The van der Waals surface area contributed by atoms with E-state index in [0.717, 1.165) is 0 Å². The Labute approximate surface area is 74.8 Å². The van der Waals surface area contributed by atoms with E-state index in [1.807, 2.05) is 27.7 Å². The second-order valence-corrected chi connectivity index (χ2v) is 4.14. The molecular formula is C9H20N2O. The normalized spacial score (nSPS) is 17.2. The standard InChI is InChI=1S/C9H20N2O/c1-6(10)8(11)7(2)12-9(3,4)5/h7-8,10H,11H2,1-5H3. The van der Waals surface area contributed by atoms with Crippen LogP contribution in [-0.2, 0) is 4.74 Å². The van der Waals surface area contributed by atoms with Gasteiger partial charge in [0.25, 0.3) is 0 Å². The minimum Gasteiger partial charge on any atom is -0.371 e. The highest BCUT2D eigenvalue weighted by atomic mass is 16.5. The average Bonchev–Trinajstić information content (AvgIpc) is 1.82. The first-order chi connectivity index (χ1) is 5.24. The van der Waals surface area contributed by atoms with E-state index >= 15 is 0 Å². The molecule has 0 amide bonds. The van der Waals surface area contributed by atoms with Crippen molar-refractivity contribution in [1.82, 2.24) is 0 Å². The lowest BCUT2D eigenvalue weighted by atomic mass is 10.1. The zero-order chi connectivity index (χ0) is 9.94. The van der Waals surface area contributed by atoms with Gasteiger partial charge in [-0.25, -0.2) is 0 Å². The van der Waals surface area contributed by atoms with Crippen LogP contribution in [0.5, 0.6) is 0 Å². The van der Waals surface area contributed by atoms with E-state index in [0.29, 0.717) is 5.71 Å². The molecular weight excluding hydrogens is 152 g/mol. The summed E-state index contributed by atoms with van der Waals surface area (Å²) in [4.78, 5) is 0. The first kappa shape index (κ1) is 11.6. The van der Waals surface area contributed by atoms with Crippen molar-refractivity contribution >= 4 is 5.71 Å². The summed E-state index contributed by atoms with van der Waals surface area (Å²) in [6.07, 6.45) is -0.0949. The Bertz CT molecular complexity index is 160. The Kier molecular flexibility index (Phi) is 3.87. The lowest BCUT2D eigenvalue weighted by Gasteiger charge is -2.28. The molecule has 0 aliphatic heterocycles. The van der Waals surface area contributed by atoms with Crippen molar-refractivity contribution in [2.24, 2.45) is 5.73 Å². The van der Waals surface area contributed by atoms with Crippen molar-refractivity contribution in [3.8, 4) is 0 Å². The molecule has 2 unspecified atom stereocenters. The molecule has 0 spiro atoms. The summed E-state index contributed by atoms with van der Waals surface area (Å²) in [6.45, 7) is 9.54. The minimum absolute atomic E-state index is 0.0949. The lowest BCUT2D eigenvalue weighted by molar-refractivity contribution is -0.0533. The van der Waals surface area contributed by atoms with Crippen LogP contribution in [0.2, 0.25) is 0 Å². The highest BCUT2D eigenvalue weighted by Crippen LogP contribution is 2.12. The van der Waals surface area contributed by atoms with Crippen molar-refractivity contribution < 1.29 is 4.74 Å². The van der Waals surface area contributed by atoms with Crippen LogP contribution in [-0.4, -0.2) is 23.5 Å². The van der Waals surface area contributed by atoms with E-state index in [2.05, 4.69) is 0 Å². The van der Waals surface area contributed by atoms with E-state index in [-0.39, 0.29) is 17.7 Å². The van der Waals surface area contributed by atoms with Crippen LogP contribution in [0, 0.1) is 5.41 Å². The molecule has 0 radical (unpaired) electrons. The number of ether oxygens (including phenoxy) is 1. The zero-order valence-electron chi connectivity index (χ0n) is 8.64. The van der Waals surface area contributed by atoms with E-state index < -0.39 is 0 Å². The van der Waals surface area contributed by atoms with Gasteiger partial charge in [0.2, 0.25) is 0 Å². The van der Waals surface area contributed by atoms with Gasteiger partial charge < -0.3 is 15.9 Å². The van der Waals surface area contributed by atoms with Gasteiger partial charge >= 0.3 is 0 Å². The molecule has 0 bridgehead atoms. The fourth-order valence-corrected chi connectivity index (χ4v) is 0.983. The summed E-state index contributed by atoms with van der Waals surface area (Å²) < 4.78 is 5.59. The van der Waals surface area contributed by atoms with Gasteiger partial charge in [-0.1, -0.05) is 0 Å². The van der Waals surface area contributed by atoms with Gasteiger partial charge in [0.05, 0.1) is 17.7 Å². The smallest absolute Gasteiger partial charge is 0.0758 e. The molecule has 0 saturated heterocycles. The summed E-state index contributed by atoms with van der Waals surface area (Å²) in [5, 5.41) is 7.33. The van der Waals surface area contributed by atoms with E-state index in [1.54, 1.807) is 6.92 Å². The summed E-state index contributed by atoms with van der Waals surface area (Å²) in [5.41, 5.74) is 5.99. The average molecular weight is 172 g/mol. The van der Waals surface area contributed by atoms with Crippen molar-refractivity contribution in [1.29, 1.82) is 5.41 Å². The molecule has 12 heavy (non-hydrogen) atoms. The number of hydrogen-bond donors (Lipinski definition) is 2. The third-order valence-corrected chi connectivity index (χ3v) is 1.55. The molecule has 0 aliphatic carbocycles. The molecule has 0 aromatic heterocycles. The molecule has 0 fully saturated rings. The van der Waals surface area contributed by atoms with Crippen molar-refractivity contribution in [3.05, 3.63) is 0 Å². The lowest BCUT2D eigenvalue weighted by Crippen LogP contribution is -2.43. The summed E-state index contributed by atoms with van der Waals surface area (Å²) >= 11 is 0. The maximum Gasteiger partial charge on any atom is 0.0758 e. The largest absolute Gasteiger partial charge is 0.371 e. The third kappa shape index (κ3) is 4.46. The molecule has 0 aliphatic rings. The molecule has 3 heteroatoms. The summed E-state index contributed by atoms with van der Waals surface area (Å²) in [7, 11) is 0. The predicted octanol–water partition coefficient (Wildman–Crippen LogP) is 1.56.